The number of aromatic nitrogens is 3. The summed E-state index contributed by atoms with van der Waals surface area (Å²) in [7, 11) is -0.190. The average molecular weight is 493 g/mol. The van der Waals surface area contributed by atoms with Gasteiger partial charge < -0.3 is 15.5 Å². The SMILES string of the molecule is CN1Cc2cc(Nc3ncc(C#N)c(Nc4cccc(N=S(C)(C)=O)n4)n3)cc3c2C(C1)SC3. The topological polar surface area (TPSA) is 119 Å². The summed E-state index contributed by atoms with van der Waals surface area (Å²) in [6, 6.07) is 11.6. The maximum atomic E-state index is 12.0. The molecule has 0 saturated carbocycles. The highest BCUT2D eigenvalue weighted by Crippen LogP contribution is 2.47. The normalized spacial score (nSPS) is 17.1. The van der Waals surface area contributed by atoms with Crippen LogP contribution in [0.25, 0.3) is 0 Å². The lowest BCUT2D eigenvalue weighted by Crippen LogP contribution is -2.28. The first-order chi connectivity index (χ1) is 16.3. The van der Waals surface area contributed by atoms with Gasteiger partial charge in [-0.2, -0.15) is 14.6 Å². The molecule has 0 amide bonds. The second-order valence-electron chi connectivity index (χ2n) is 8.68. The molecule has 0 aliphatic carbocycles. The number of likely N-dealkylation sites (N-methyl/N-ethyl adjacent to an activating group) is 1. The maximum absolute atomic E-state index is 12.0. The molecule has 5 rings (SSSR count). The molecule has 0 bridgehead atoms. The van der Waals surface area contributed by atoms with Crippen LogP contribution in [0.2, 0.25) is 0 Å². The minimum atomic E-state index is -2.34. The van der Waals surface area contributed by atoms with Crippen LogP contribution in [0, 0.1) is 11.3 Å². The van der Waals surface area contributed by atoms with E-state index in [0.29, 0.717) is 28.7 Å². The first-order valence-corrected chi connectivity index (χ1v) is 14.1. The van der Waals surface area contributed by atoms with Crippen molar-refractivity contribution in [1.29, 1.82) is 5.26 Å². The van der Waals surface area contributed by atoms with Gasteiger partial charge in [-0.1, -0.05) is 6.07 Å². The monoisotopic (exact) mass is 492 g/mol. The molecule has 0 saturated heterocycles. The molecule has 2 N–H and O–H groups in total. The van der Waals surface area contributed by atoms with Crippen molar-refractivity contribution >= 4 is 50.6 Å². The van der Waals surface area contributed by atoms with Crippen molar-refractivity contribution in [3.63, 3.8) is 0 Å². The molecule has 1 unspecified atom stereocenters. The third kappa shape index (κ3) is 4.84. The van der Waals surface area contributed by atoms with E-state index in [1.807, 2.05) is 11.8 Å². The van der Waals surface area contributed by atoms with Crippen molar-refractivity contribution in [3.8, 4) is 6.07 Å². The molecule has 1 aromatic carbocycles. The van der Waals surface area contributed by atoms with Gasteiger partial charge in [0, 0.05) is 52.0 Å². The molecule has 3 aromatic rings. The van der Waals surface area contributed by atoms with Gasteiger partial charge in [0.25, 0.3) is 0 Å². The van der Waals surface area contributed by atoms with Crippen LogP contribution in [0.15, 0.2) is 40.9 Å². The van der Waals surface area contributed by atoms with Gasteiger partial charge >= 0.3 is 0 Å². The Kier molecular flexibility index (Phi) is 5.89. The fourth-order valence-corrected chi connectivity index (χ4v) is 6.21. The molecule has 2 aliphatic heterocycles. The summed E-state index contributed by atoms with van der Waals surface area (Å²) in [5, 5.41) is 16.5. The van der Waals surface area contributed by atoms with Crippen LogP contribution < -0.4 is 10.6 Å². The van der Waals surface area contributed by atoms with Crippen LogP contribution in [-0.2, 0) is 22.0 Å². The zero-order chi connectivity index (χ0) is 23.9. The number of nitriles is 1. The van der Waals surface area contributed by atoms with E-state index < -0.39 is 9.73 Å². The molecular formula is C23H24N8OS2. The largest absolute Gasteiger partial charge is 0.324 e. The third-order valence-electron chi connectivity index (χ3n) is 5.49. The van der Waals surface area contributed by atoms with Crippen LogP contribution >= 0.6 is 11.8 Å². The molecule has 34 heavy (non-hydrogen) atoms. The standard InChI is InChI=1S/C23H24N8OS2/c1-31-11-14-7-17(8-15-13-33-18(12-31)21(14)15)26-23-25-10-16(9-24)22(29-23)28-19-5-4-6-20(27-19)30-34(2,3)32/h4-8,10,18H,11-13H2,1-3H3,(H2,25,26,27,28,29). The van der Waals surface area contributed by atoms with Crippen LogP contribution in [0.4, 0.5) is 29.1 Å². The van der Waals surface area contributed by atoms with Gasteiger partial charge in [-0.3, -0.25) is 0 Å². The number of rotatable bonds is 5. The van der Waals surface area contributed by atoms with E-state index in [0.717, 1.165) is 24.5 Å². The molecule has 0 radical (unpaired) electrons. The first-order valence-electron chi connectivity index (χ1n) is 10.7. The van der Waals surface area contributed by atoms with Crippen molar-refractivity contribution in [2.24, 2.45) is 4.36 Å². The number of thioether (sulfide) groups is 1. The second kappa shape index (κ2) is 8.87. The number of benzene rings is 1. The van der Waals surface area contributed by atoms with E-state index in [1.165, 1.54) is 22.9 Å². The highest BCUT2D eigenvalue weighted by atomic mass is 32.2. The van der Waals surface area contributed by atoms with E-state index in [2.05, 4.69) is 60.1 Å². The molecule has 2 aromatic heterocycles. The van der Waals surface area contributed by atoms with Crippen LogP contribution in [0.5, 0.6) is 0 Å². The molecule has 9 nitrogen and oxygen atoms in total. The van der Waals surface area contributed by atoms with Gasteiger partial charge in [0.2, 0.25) is 5.95 Å². The summed E-state index contributed by atoms with van der Waals surface area (Å²) in [6.45, 7) is 2.01. The minimum Gasteiger partial charge on any atom is -0.324 e. The number of hydrogen-bond acceptors (Lipinski definition) is 10. The molecule has 174 valence electrons. The fraction of sp³-hybridized carbons (Fsp3) is 0.304. The van der Waals surface area contributed by atoms with Crippen molar-refractivity contribution in [2.75, 3.05) is 36.7 Å². The van der Waals surface area contributed by atoms with Crippen molar-refractivity contribution in [3.05, 3.63) is 58.8 Å². The highest BCUT2D eigenvalue weighted by molar-refractivity contribution is 7.99. The zero-order valence-corrected chi connectivity index (χ0v) is 20.7. The molecule has 11 heteroatoms. The predicted molar refractivity (Wildman–Crippen MR) is 136 cm³/mol. The van der Waals surface area contributed by atoms with Gasteiger partial charge in [0.15, 0.2) is 11.6 Å². The molecule has 0 fully saturated rings. The fourth-order valence-electron chi connectivity index (χ4n) is 4.21. The average Bonchev–Trinajstić information content (AvgIpc) is 3.16. The number of nitrogens with one attached hydrogen (secondary N) is 2. The van der Waals surface area contributed by atoms with Crippen molar-refractivity contribution < 1.29 is 4.21 Å². The molecular weight excluding hydrogens is 468 g/mol. The molecule has 2 aliphatic rings. The summed E-state index contributed by atoms with van der Waals surface area (Å²) in [6.07, 6.45) is 4.58. The van der Waals surface area contributed by atoms with E-state index in [9.17, 15) is 9.47 Å². The van der Waals surface area contributed by atoms with Crippen molar-refractivity contribution in [2.45, 2.75) is 17.5 Å². The second-order valence-corrected chi connectivity index (χ2v) is 12.4. The Morgan fingerprint density at radius 3 is 2.85 bits per heavy atom. The minimum absolute atomic E-state index is 0.286. The summed E-state index contributed by atoms with van der Waals surface area (Å²) in [5.74, 6) is 2.51. The molecule has 4 heterocycles. The van der Waals surface area contributed by atoms with E-state index in [-0.39, 0.29) is 5.56 Å². The lowest BCUT2D eigenvalue weighted by molar-refractivity contribution is 0.311. The van der Waals surface area contributed by atoms with Crippen LogP contribution in [0.1, 0.15) is 27.5 Å². The summed E-state index contributed by atoms with van der Waals surface area (Å²) in [5.41, 5.74) is 5.40. The zero-order valence-electron chi connectivity index (χ0n) is 19.1. The summed E-state index contributed by atoms with van der Waals surface area (Å²) >= 11 is 1.99. The van der Waals surface area contributed by atoms with Crippen LogP contribution in [0.3, 0.4) is 0 Å². The lowest BCUT2D eigenvalue weighted by atomic mass is 9.94. The third-order valence-corrected chi connectivity index (χ3v) is 7.38. The number of pyridine rings is 1. The number of hydrogen-bond donors (Lipinski definition) is 2. The van der Waals surface area contributed by atoms with Crippen LogP contribution in [-0.4, -0.2) is 50.2 Å². The van der Waals surface area contributed by atoms with Crippen molar-refractivity contribution in [1.82, 2.24) is 19.9 Å². The lowest BCUT2D eigenvalue weighted by Gasteiger charge is -2.29. The van der Waals surface area contributed by atoms with E-state index in [4.69, 9.17) is 0 Å². The Morgan fingerprint density at radius 2 is 2.06 bits per heavy atom. The molecule has 1 atom stereocenters. The Labute approximate surface area is 203 Å². The van der Waals surface area contributed by atoms with Gasteiger partial charge in [0.05, 0.1) is 6.20 Å². The first kappa shape index (κ1) is 22.6. The number of anilines is 4. The van der Waals surface area contributed by atoms with Gasteiger partial charge in [0.1, 0.15) is 17.5 Å². The van der Waals surface area contributed by atoms with E-state index in [1.54, 1.807) is 30.7 Å². The Hall–Kier alpha value is -3.20. The summed E-state index contributed by atoms with van der Waals surface area (Å²) < 4.78 is 16.1. The maximum Gasteiger partial charge on any atom is 0.229 e. The molecule has 0 spiro atoms. The quantitative estimate of drug-likeness (QED) is 0.536. The van der Waals surface area contributed by atoms with Gasteiger partial charge in [-0.05, 0) is 48.0 Å². The Bertz CT molecular complexity index is 1430. The summed E-state index contributed by atoms with van der Waals surface area (Å²) in [4.78, 5) is 15.6. The smallest absolute Gasteiger partial charge is 0.229 e. The highest BCUT2D eigenvalue weighted by Gasteiger charge is 2.31. The van der Waals surface area contributed by atoms with Gasteiger partial charge in [-0.25, -0.2) is 14.2 Å². The predicted octanol–water partition coefficient (Wildman–Crippen LogP) is 4.32. The van der Waals surface area contributed by atoms with Gasteiger partial charge in [-0.15, -0.1) is 11.8 Å². The van der Waals surface area contributed by atoms with E-state index >= 15 is 0 Å². The number of nitrogens with zero attached hydrogens (tertiary/aromatic N) is 6. The Morgan fingerprint density at radius 1 is 1.24 bits per heavy atom. The Balaban J connectivity index is 1.43.